The molecular weight excluding hydrogens is 276 g/mol. The third-order valence-corrected chi connectivity index (χ3v) is 4.34. The van der Waals surface area contributed by atoms with Gasteiger partial charge < -0.3 is 15.0 Å². The fraction of sp³-hybridized carbons (Fsp3) is 0.941. The van der Waals surface area contributed by atoms with Crippen molar-refractivity contribution in [2.75, 3.05) is 39.8 Å². The largest absolute Gasteiger partial charge is 0.378 e. The molecule has 0 unspecified atom stereocenters. The second-order valence-electron chi connectivity index (χ2n) is 6.54. The SMILES string of the molecule is CCOC1CCN(C(=NC)NCCN(C(C)C)C(C)C)CC1. The molecule has 0 aromatic carbocycles. The lowest BCUT2D eigenvalue weighted by Crippen LogP contribution is -2.49. The lowest BCUT2D eigenvalue weighted by atomic mass is 10.1. The van der Waals surface area contributed by atoms with Crippen molar-refractivity contribution in [1.82, 2.24) is 15.1 Å². The Morgan fingerprint density at radius 2 is 1.82 bits per heavy atom. The molecule has 1 saturated heterocycles. The van der Waals surface area contributed by atoms with Crippen molar-refractivity contribution in [3.05, 3.63) is 0 Å². The summed E-state index contributed by atoms with van der Waals surface area (Å²) in [5, 5.41) is 3.52. The highest BCUT2D eigenvalue weighted by molar-refractivity contribution is 5.79. The molecule has 0 amide bonds. The van der Waals surface area contributed by atoms with E-state index in [1.807, 2.05) is 7.05 Å². The lowest BCUT2D eigenvalue weighted by Gasteiger charge is -2.35. The van der Waals surface area contributed by atoms with Crippen molar-refractivity contribution in [1.29, 1.82) is 0 Å². The van der Waals surface area contributed by atoms with Crippen LogP contribution in [0, 0.1) is 0 Å². The maximum absolute atomic E-state index is 5.72. The van der Waals surface area contributed by atoms with E-state index >= 15 is 0 Å². The van der Waals surface area contributed by atoms with Crippen LogP contribution in [0.2, 0.25) is 0 Å². The van der Waals surface area contributed by atoms with Crippen LogP contribution in [0.1, 0.15) is 47.5 Å². The van der Waals surface area contributed by atoms with E-state index in [9.17, 15) is 0 Å². The number of likely N-dealkylation sites (tertiary alicyclic amines) is 1. The zero-order valence-corrected chi connectivity index (χ0v) is 15.4. The first-order valence-corrected chi connectivity index (χ1v) is 8.82. The molecule has 1 N–H and O–H groups in total. The Morgan fingerprint density at radius 1 is 1.23 bits per heavy atom. The molecule has 5 heteroatoms. The maximum atomic E-state index is 5.72. The van der Waals surface area contributed by atoms with Crippen molar-refractivity contribution in [3.8, 4) is 0 Å². The van der Waals surface area contributed by atoms with Crippen LogP contribution in [0.4, 0.5) is 0 Å². The highest BCUT2D eigenvalue weighted by Gasteiger charge is 2.21. The van der Waals surface area contributed by atoms with Crippen molar-refractivity contribution in [2.24, 2.45) is 4.99 Å². The van der Waals surface area contributed by atoms with Crippen LogP contribution in [0.3, 0.4) is 0 Å². The summed E-state index contributed by atoms with van der Waals surface area (Å²) in [5.74, 6) is 1.03. The molecule has 1 aliphatic heterocycles. The van der Waals surface area contributed by atoms with E-state index in [1.54, 1.807) is 0 Å². The molecule has 0 aromatic heterocycles. The number of guanidine groups is 1. The molecular formula is C17H36N4O. The lowest BCUT2D eigenvalue weighted by molar-refractivity contribution is 0.0263. The maximum Gasteiger partial charge on any atom is 0.193 e. The Hall–Kier alpha value is -0.810. The van der Waals surface area contributed by atoms with Crippen LogP contribution in [-0.2, 0) is 4.74 Å². The smallest absolute Gasteiger partial charge is 0.193 e. The Bertz CT molecular complexity index is 315. The van der Waals surface area contributed by atoms with E-state index < -0.39 is 0 Å². The summed E-state index contributed by atoms with van der Waals surface area (Å²) in [7, 11) is 1.87. The van der Waals surface area contributed by atoms with E-state index in [2.05, 4.69) is 54.7 Å². The van der Waals surface area contributed by atoms with Gasteiger partial charge >= 0.3 is 0 Å². The van der Waals surface area contributed by atoms with Gasteiger partial charge in [-0.15, -0.1) is 0 Å². The molecule has 5 nitrogen and oxygen atoms in total. The molecule has 0 radical (unpaired) electrons. The van der Waals surface area contributed by atoms with Gasteiger partial charge in [0.15, 0.2) is 5.96 Å². The second-order valence-corrected chi connectivity index (χ2v) is 6.54. The van der Waals surface area contributed by atoms with Gasteiger partial charge in [-0.2, -0.15) is 0 Å². The number of aliphatic imine (C=N–C) groups is 1. The normalized spacial score (nSPS) is 17.9. The highest BCUT2D eigenvalue weighted by atomic mass is 16.5. The summed E-state index contributed by atoms with van der Waals surface area (Å²) in [5.41, 5.74) is 0. The highest BCUT2D eigenvalue weighted by Crippen LogP contribution is 2.13. The average molecular weight is 313 g/mol. The fourth-order valence-corrected chi connectivity index (χ4v) is 3.21. The number of nitrogens with zero attached hydrogens (tertiary/aromatic N) is 3. The summed E-state index contributed by atoms with van der Waals surface area (Å²) in [6, 6.07) is 1.15. The number of hydrogen-bond acceptors (Lipinski definition) is 3. The van der Waals surface area contributed by atoms with Gasteiger partial charge in [-0.3, -0.25) is 9.89 Å². The topological polar surface area (TPSA) is 40.1 Å². The summed E-state index contributed by atoms with van der Waals surface area (Å²) in [4.78, 5) is 9.29. The number of rotatable bonds is 7. The van der Waals surface area contributed by atoms with Crippen molar-refractivity contribution in [3.63, 3.8) is 0 Å². The van der Waals surface area contributed by atoms with E-state index in [1.165, 1.54) is 0 Å². The zero-order chi connectivity index (χ0) is 16.5. The van der Waals surface area contributed by atoms with Crippen molar-refractivity contribution < 1.29 is 4.74 Å². The van der Waals surface area contributed by atoms with Crippen LogP contribution in [0.25, 0.3) is 0 Å². The molecule has 0 spiro atoms. The predicted octanol–water partition coefficient (Wildman–Crippen LogP) is 2.18. The van der Waals surface area contributed by atoms with Gasteiger partial charge in [0.25, 0.3) is 0 Å². The number of hydrogen-bond donors (Lipinski definition) is 1. The number of ether oxygens (including phenoxy) is 1. The van der Waals surface area contributed by atoms with Gasteiger partial charge in [0, 0.05) is 51.9 Å². The van der Waals surface area contributed by atoms with Crippen LogP contribution in [0.15, 0.2) is 4.99 Å². The molecule has 1 rings (SSSR count). The van der Waals surface area contributed by atoms with Crippen molar-refractivity contribution in [2.45, 2.75) is 65.6 Å². The standard InChI is InChI=1S/C17H36N4O/c1-7-22-16-8-11-20(12-9-16)17(18-6)19-10-13-21(14(2)3)15(4)5/h14-16H,7-13H2,1-6H3,(H,18,19). The fourth-order valence-electron chi connectivity index (χ4n) is 3.21. The minimum Gasteiger partial charge on any atom is -0.378 e. The number of nitrogens with one attached hydrogen (secondary N) is 1. The summed E-state index contributed by atoms with van der Waals surface area (Å²) in [6.07, 6.45) is 2.62. The molecule has 22 heavy (non-hydrogen) atoms. The second kappa shape index (κ2) is 10.1. The van der Waals surface area contributed by atoms with Gasteiger partial charge in [0.2, 0.25) is 0 Å². The van der Waals surface area contributed by atoms with Gasteiger partial charge in [0.05, 0.1) is 6.10 Å². The monoisotopic (exact) mass is 312 g/mol. The Kier molecular flexibility index (Phi) is 8.79. The van der Waals surface area contributed by atoms with Crippen LogP contribution >= 0.6 is 0 Å². The average Bonchev–Trinajstić information content (AvgIpc) is 2.48. The third-order valence-electron chi connectivity index (χ3n) is 4.34. The Labute approximate surface area is 137 Å². The van der Waals surface area contributed by atoms with E-state index in [4.69, 9.17) is 4.74 Å². The quantitative estimate of drug-likeness (QED) is 0.578. The summed E-state index contributed by atoms with van der Waals surface area (Å²) >= 11 is 0. The minimum absolute atomic E-state index is 0.428. The summed E-state index contributed by atoms with van der Waals surface area (Å²) < 4.78 is 5.72. The summed E-state index contributed by atoms with van der Waals surface area (Å²) in [6.45, 7) is 16.0. The van der Waals surface area contributed by atoms with Gasteiger partial charge in [0.1, 0.15) is 0 Å². The molecule has 0 saturated carbocycles. The molecule has 1 fully saturated rings. The van der Waals surface area contributed by atoms with E-state index in [0.29, 0.717) is 18.2 Å². The molecule has 1 aliphatic rings. The molecule has 130 valence electrons. The Morgan fingerprint density at radius 3 is 2.27 bits per heavy atom. The molecule has 0 aromatic rings. The van der Waals surface area contributed by atoms with Gasteiger partial charge in [-0.25, -0.2) is 0 Å². The molecule has 0 atom stereocenters. The number of piperidine rings is 1. The molecule has 1 heterocycles. The first kappa shape index (κ1) is 19.2. The van der Waals surface area contributed by atoms with Gasteiger partial charge in [-0.05, 0) is 47.5 Å². The third kappa shape index (κ3) is 6.13. The van der Waals surface area contributed by atoms with Crippen LogP contribution < -0.4 is 5.32 Å². The first-order valence-electron chi connectivity index (χ1n) is 8.82. The predicted molar refractivity (Wildman–Crippen MR) is 94.6 cm³/mol. The van der Waals surface area contributed by atoms with Crippen LogP contribution in [0.5, 0.6) is 0 Å². The van der Waals surface area contributed by atoms with E-state index in [0.717, 1.165) is 51.6 Å². The first-order chi connectivity index (χ1) is 10.5. The molecule has 0 bridgehead atoms. The minimum atomic E-state index is 0.428. The molecule has 0 aliphatic carbocycles. The van der Waals surface area contributed by atoms with Crippen LogP contribution in [-0.4, -0.2) is 73.8 Å². The zero-order valence-electron chi connectivity index (χ0n) is 15.4. The Balaban J connectivity index is 2.37. The van der Waals surface area contributed by atoms with Crippen molar-refractivity contribution >= 4 is 5.96 Å². The van der Waals surface area contributed by atoms with Gasteiger partial charge in [-0.1, -0.05) is 0 Å². The van der Waals surface area contributed by atoms with E-state index in [-0.39, 0.29) is 0 Å².